The van der Waals surface area contributed by atoms with E-state index >= 15 is 0 Å². The van der Waals surface area contributed by atoms with Crippen LogP contribution in [-0.4, -0.2) is 15.2 Å². The summed E-state index contributed by atoms with van der Waals surface area (Å²) in [5, 5.41) is 0. The van der Waals surface area contributed by atoms with Crippen molar-refractivity contribution < 1.29 is 0 Å². The van der Waals surface area contributed by atoms with Crippen molar-refractivity contribution in [1.29, 1.82) is 0 Å². The molecule has 2 atom stereocenters. The van der Waals surface area contributed by atoms with Crippen molar-refractivity contribution in [3.63, 3.8) is 0 Å². The van der Waals surface area contributed by atoms with E-state index in [0.29, 0.717) is 5.41 Å². The van der Waals surface area contributed by atoms with Gasteiger partial charge in [-0.25, -0.2) is 0 Å². The van der Waals surface area contributed by atoms with Crippen molar-refractivity contribution in [2.45, 2.75) is 114 Å². The van der Waals surface area contributed by atoms with Crippen LogP contribution in [0, 0.1) is 17.8 Å². The monoisotopic (exact) mass is 448 g/mol. The summed E-state index contributed by atoms with van der Waals surface area (Å²) >= 11 is 0. The molecule has 1 spiro atoms. The summed E-state index contributed by atoms with van der Waals surface area (Å²) in [7, 11) is -2.40. The third-order valence-electron chi connectivity index (χ3n) is 11.9. The maximum Gasteiger partial charge on any atom is 0.0463 e. The molecule has 168 valence electrons. The van der Waals surface area contributed by atoms with Gasteiger partial charge in [-0.05, 0) is 100 Å². The van der Waals surface area contributed by atoms with Crippen LogP contribution < -0.4 is 0 Å². The van der Waals surface area contributed by atoms with E-state index in [-0.39, 0.29) is 5.41 Å². The number of hydrogen-bond acceptors (Lipinski definition) is 0. The fourth-order valence-electron chi connectivity index (χ4n) is 10.6. The third-order valence-corrected chi connectivity index (χ3v) is 35.0. The van der Waals surface area contributed by atoms with Gasteiger partial charge in [-0.2, -0.15) is 0 Å². The van der Waals surface area contributed by atoms with E-state index in [1.165, 1.54) is 25.7 Å². The number of rotatable bonds is 2. The van der Waals surface area contributed by atoms with Crippen molar-refractivity contribution in [2.24, 2.45) is 17.8 Å². The van der Waals surface area contributed by atoms with Crippen LogP contribution in [0.2, 0.25) is 30.8 Å². The Morgan fingerprint density at radius 3 is 2.06 bits per heavy atom. The van der Waals surface area contributed by atoms with Gasteiger partial charge in [0.2, 0.25) is 0 Å². The lowest BCUT2D eigenvalue weighted by atomic mass is 9.46. The normalized spacial score (nSPS) is 37.8. The molecule has 6 aliphatic rings. The van der Waals surface area contributed by atoms with Crippen LogP contribution in [0.15, 0.2) is 17.7 Å². The smallest absolute Gasteiger partial charge is 0.0463 e. The molecule has 0 amide bonds. The Labute approximate surface area is 193 Å². The van der Waals surface area contributed by atoms with Gasteiger partial charge < -0.3 is 0 Å². The zero-order valence-electron chi connectivity index (χ0n) is 21.4. The zero-order valence-corrected chi connectivity index (χ0v) is 23.4. The van der Waals surface area contributed by atoms with Gasteiger partial charge in [-0.3, -0.25) is 0 Å². The number of fused-ring (bicyclic) bond motifs is 1. The summed E-state index contributed by atoms with van der Waals surface area (Å²) in [6, 6.07) is 5.36. The Kier molecular flexibility index (Phi) is 3.99. The van der Waals surface area contributed by atoms with Crippen LogP contribution in [0.4, 0.5) is 0 Å². The Morgan fingerprint density at radius 2 is 1.55 bits per heavy atom. The highest BCUT2D eigenvalue weighted by molar-refractivity contribution is 7.61. The maximum atomic E-state index is 2.84. The molecule has 31 heavy (non-hydrogen) atoms. The Balaban J connectivity index is 1.64. The van der Waals surface area contributed by atoms with Gasteiger partial charge in [-0.1, -0.05) is 77.7 Å². The molecule has 0 nitrogen and oxygen atoms in total. The molecule has 7 rings (SSSR count). The number of benzene rings is 1. The molecule has 1 heterocycles. The van der Waals surface area contributed by atoms with Crippen molar-refractivity contribution in [1.82, 2.24) is 0 Å². The van der Waals surface area contributed by atoms with Crippen molar-refractivity contribution in [2.75, 3.05) is 0 Å². The predicted molar refractivity (Wildman–Crippen MR) is 140 cm³/mol. The van der Waals surface area contributed by atoms with E-state index in [2.05, 4.69) is 72.1 Å². The van der Waals surface area contributed by atoms with Gasteiger partial charge in [0.05, 0.1) is 0 Å². The second kappa shape index (κ2) is 5.90. The zero-order chi connectivity index (χ0) is 22.2. The Bertz CT molecular complexity index is 974. The van der Waals surface area contributed by atoms with Crippen LogP contribution >= 0.6 is 0 Å². The lowest BCUT2D eigenvalue weighted by Crippen LogP contribution is -2.57. The first-order chi connectivity index (χ1) is 14.4. The lowest BCUT2D eigenvalue weighted by molar-refractivity contribution is -0.0183. The minimum absolute atomic E-state index is 0.228. The summed E-state index contributed by atoms with van der Waals surface area (Å²) in [6.45, 7) is 21.0. The van der Waals surface area contributed by atoms with E-state index in [1.54, 1.807) is 41.5 Å². The van der Waals surface area contributed by atoms with Crippen molar-refractivity contribution in [3.8, 4) is 0 Å². The average Bonchev–Trinajstić information content (AvgIpc) is 2.95. The number of allylic oxidation sites excluding steroid dienone is 1. The quantitative estimate of drug-likeness (QED) is 0.400. The van der Waals surface area contributed by atoms with Gasteiger partial charge in [-0.15, -0.1) is 0 Å². The fourth-order valence-corrected chi connectivity index (χ4v) is 34.2. The third kappa shape index (κ3) is 2.23. The predicted octanol–water partition coefficient (Wildman–Crippen LogP) is 8.20. The van der Waals surface area contributed by atoms with Crippen LogP contribution in [0.1, 0.15) is 88.5 Å². The minimum Gasteiger partial charge on any atom is -0.0710 e. The molecule has 4 bridgehead atoms. The van der Waals surface area contributed by atoms with E-state index in [1.807, 2.05) is 5.56 Å². The van der Waals surface area contributed by atoms with Gasteiger partial charge in [0.1, 0.15) is 0 Å². The first-order valence-corrected chi connectivity index (χ1v) is 20.3. The van der Waals surface area contributed by atoms with E-state index in [0.717, 1.165) is 22.4 Å². The summed E-state index contributed by atoms with van der Waals surface area (Å²) < 4.78 is 0.764. The molecule has 1 saturated heterocycles. The van der Waals surface area contributed by atoms with E-state index in [9.17, 15) is 0 Å². The standard InChI is InChI=1S/C29H44Si2/c1-9-19-11-22-15-23(27(2,3)4)16-26(25(22)14-19)28-17-20-10-21(18-28)13-24(12-20)29(28)30(5,6)31(29,7)8/h11,15-16,20-21,24H,9-10,12-14,17-18H2,1-8H3. The molecule has 0 radical (unpaired) electrons. The SMILES string of the molecule is CCC1=Cc2cc(C(C)(C)C)cc(C34CC5CC(CC(C5)C35[Si](C)(C)[Si]5(C)C)C4)c2C1. The highest BCUT2D eigenvalue weighted by atomic mass is 29.3. The fraction of sp³-hybridized carbons (Fsp3) is 0.724. The first-order valence-electron chi connectivity index (χ1n) is 13.3. The van der Waals surface area contributed by atoms with Gasteiger partial charge in [0, 0.05) is 15.2 Å². The van der Waals surface area contributed by atoms with E-state index in [4.69, 9.17) is 0 Å². The molecule has 5 aliphatic carbocycles. The van der Waals surface area contributed by atoms with Crippen LogP contribution in [0.5, 0.6) is 0 Å². The Hall–Kier alpha value is -0.606. The molecular formula is C29H44Si2. The van der Waals surface area contributed by atoms with Crippen LogP contribution in [0.25, 0.3) is 6.08 Å². The molecular weight excluding hydrogens is 404 g/mol. The minimum atomic E-state index is -1.20. The Morgan fingerprint density at radius 1 is 0.935 bits per heavy atom. The molecule has 0 aromatic heterocycles. The average molecular weight is 449 g/mol. The van der Waals surface area contributed by atoms with Crippen molar-refractivity contribution >= 4 is 21.3 Å². The topological polar surface area (TPSA) is 0 Å². The van der Waals surface area contributed by atoms with Gasteiger partial charge in [0.25, 0.3) is 0 Å². The van der Waals surface area contributed by atoms with Crippen molar-refractivity contribution in [3.05, 3.63) is 40.0 Å². The van der Waals surface area contributed by atoms with Crippen LogP contribution in [0.3, 0.4) is 0 Å². The highest BCUT2D eigenvalue weighted by Crippen LogP contribution is 2.88. The molecule has 0 N–H and O–H groups in total. The second-order valence-electron chi connectivity index (χ2n) is 14.4. The maximum absolute atomic E-state index is 2.84. The highest BCUT2D eigenvalue weighted by Gasteiger charge is 2.89. The molecule has 4 saturated carbocycles. The number of hydrogen-bond donors (Lipinski definition) is 0. The lowest BCUT2D eigenvalue weighted by Gasteiger charge is -2.65. The summed E-state index contributed by atoms with van der Waals surface area (Å²) in [5.74, 6) is 3.11. The summed E-state index contributed by atoms with van der Waals surface area (Å²) in [4.78, 5) is 0. The molecule has 1 aromatic rings. The van der Waals surface area contributed by atoms with Crippen LogP contribution in [-0.2, 0) is 17.3 Å². The molecule has 2 unspecified atom stereocenters. The summed E-state index contributed by atoms with van der Waals surface area (Å²) in [6.07, 6.45) is 12.8. The molecule has 5 fully saturated rings. The second-order valence-corrected chi connectivity index (χ2v) is 30.4. The molecule has 1 aromatic carbocycles. The van der Waals surface area contributed by atoms with E-state index < -0.39 is 15.2 Å². The largest absolute Gasteiger partial charge is 0.0710 e. The molecule has 2 heteroatoms. The molecule has 1 aliphatic heterocycles. The first kappa shape index (κ1) is 21.0. The van der Waals surface area contributed by atoms with Gasteiger partial charge in [0.15, 0.2) is 0 Å². The summed E-state index contributed by atoms with van der Waals surface area (Å²) in [5.41, 5.74) is 9.27. The van der Waals surface area contributed by atoms with Gasteiger partial charge >= 0.3 is 0 Å².